The van der Waals surface area contributed by atoms with Gasteiger partial charge in [0.05, 0.1) is 0 Å². The van der Waals surface area contributed by atoms with Crippen LogP contribution in [0.3, 0.4) is 0 Å². The van der Waals surface area contributed by atoms with E-state index in [0.717, 1.165) is 75.5 Å². The number of unbranched alkanes of at least 4 members (excludes halogenated alkanes) is 24. The maximum atomic E-state index is 12.7. The summed E-state index contributed by atoms with van der Waals surface area (Å²) in [7, 11) is 0. The first-order chi connectivity index (χ1) is 26.6. The Bertz CT molecular complexity index is 854. The fourth-order valence-corrected chi connectivity index (χ4v) is 7.20. The van der Waals surface area contributed by atoms with Crippen molar-refractivity contribution in [2.75, 3.05) is 13.2 Å². The number of carbonyl (C=O) groups is 3. The van der Waals surface area contributed by atoms with Crippen LogP contribution in [-0.4, -0.2) is 37.2 Å². The van der Waals surface area contributed by atoms with Gasteiger partial charge in [-0.15, -0.1) is 0 Å². The minimum atomic E-state index is -0.762. The third kappa shape index (κ3) is 41.9. The molecule has 0 aliphatic heterocycles. The van der Waals surface area contributed by atoms with Gasteiger partial charge in [0.1, 0.15) is 13.2 Å². The molecule has 0 aromatic heterocycles. The lowest BCUT2D eigenvalue weighted by atomic mass is 9.99. The van der Waals surface area contributed by atoms with Crippen LogP contribution in [0, 0.1) is 17.8 Å². The maximum absolute atomic E-state index is 12.7. The van der Waals surface area contributed by atoms with Crippen molar-refractivity contribution in [2.45, 2.75) is 266 Å². The second-order valence-corrected chi connectivity index (χ2v) is 17.9. The van der Waals surface area contributed by atoms with Crippen molar-refractivity contribution in [3.05, 3.63) is 0 Å². The molecule has 2 atom stereocenters. The quantitative estimate of drug-likeness (QED) is 0.0349. The summed E-state index contributed by atoms with van der Waals surface area (Å²) in [6.07, 6.45) is 38.2. The highest BCUT2D eigenvalue weighted by Gasteiger charge is 2.19. The molecule has 326 valence electrons. The van der Waals surface area contributed by atoms with Gasteiger partial charge >= 0.3 is 17.9 Å². The Hall–Kier alpha value is -1.59. The lowest BCUT2D eigenvalue weighted by molar-refractivity contribution is -0.167. The Morgan fingerprint density at radius 3 is 0.945 bits per heavy atom. The summed E-state index contributed by atoms with van der Waals surface area (Å²) in [6.45, 7) is 13.6. The minimum absolute atomic E-state index is 0.0670. The number of hydrogen-bond donors (Lipinski definition) is 0. The molecule has 0 aromatic carbocycles. The molecule has 6 heteroatoms. The average Bonchev–Trinajstić information content (AvgIpc) is 3.15. The van der Waals surface area contributed by atoms with E-state index in [1.807, 2.05) is 0 Å². The molecule has 0 rings (SSSR count). The lowest BCUT2D eigenvalue weighted by Crippen LogP contribution is -2.30. The molecule has 0 amide bonds. The van der Waals surface area contributed by atoms with Crippen molar-refractivity contribution in [2.24, 2.45) is 17.8 Å². The van der Waals surface area contributed by atoms with Crippen molar-refractivity contribution >= 4 is 17.9 Å². The fraction of sp³-hybridized carbons (Fsp3) is 0.939. The number of carbonyl (C=O) groups excluding carboxylic acids is 3. The van der Waals surface area contributed by atoms with Gasteiger partial charge in [-0.2, -0.15) is 0 Å². The van der Waals surface area contributed by atoms with Crippen molar-refractivity contribution in [1.29, 1.82) is 0 Å². The molecule has 0 saturated heterocycles. The zero-order chi connectivity index (χ0) is 40.6. The van der Waals surface area contributed by atoms with Gasteiger partial charge in [-0.3, -0.25) is 14.4 Å². The molecule has 0 radical (unpaired) electrons. The van der Waals surface area contributed by atoms with Crippen molar-refractivity contribution in [3.63, 3.8) is 0 Å². The third-order valence-electron chi connectivity index (χ3n) is 11.3. The topological polar surface area (TPSA) is 78.9 Å². The Labute approximate surface area is 342 Å². The minimum Gasteiger partial charge on any atom is -0.462 e. The Morgan fingerprint density at radius 1 is 0.364 bits per heavy atom. The molecule has 0 saturated carbocycles. The van der Waals surface area contributed by atoms with Gasteiger partial charge in [0.2, 0.25) is 0 Å². The molecule has 0 heterocycles. The van der Waals surface area contributed by atoms with Crippen LogP contribution in [0.5, 0.6) is 0 Å². The van der Waals surface area contributed by atoms with Gasteiger partial charge < -0.3 is 14.2 Å². The number of esters is 3. The summed E-state index contributed by atoms with van der Waals surface area (Å²) in [5, 5.41) is 0. The van der Waals surface area contributed by atoms with E-state index in [4.69, 9.17) is 14.2 Å². The molecule has 0 aromatic rings. The van der Waals surface area contributed by atoms with Gasteiger partial charge in [0.15, 0.2) is 6.10 Å². The SMILES string of the molecule is CCC(C)CCCCCCCCCCCCCCCCC(=O)O[C@@H](COC(=O)CCCCCCCCCC(C)C)COC(=O)CCCCCCCCC(C)C. The van der Waals surface area contributed by atoms with E-state index < -0.39 is 6.10 Å². The van der Waals surface area contributed by atoms with E-state index in [0.29, 0.717) is 19.3 Å². The summed E-state index contributed by atoms with van der Waals surface area (Å²) in [6, 6.07) is 0. The average molecular weight is 779 g/mol. The first-order valence-electron chi connectivity index (χ1n) is 24.1. The maximum Gasteiger partial charge on any atom is 0.306 e. The summed E-state index contributed by atoms with van der Waals surface area (Å²) >= 11 is 0. The number of ether oxygens (including phenoxy) is 3. The lowest BCUT2D eigenvalue weighted by Gasteiger charge is -2.18. The zero-order valence-corrected chi connectivity index (χ0v) is 37.7. The molecule has 0 bridgehead atoms. The monoisotopic (exact) mass is 779 g/mol. The van der Waals surface area contributed by atoms with E-state index in [-0.39, 0.29) is 31.1 Å². The Morgan fingerprint density at radius 2 is 0.636 bits per heavy atom. The van der Waals surface area contributed by atoms with Crippen molar-refractivity contribution < 1.29 is 28.6 Å². The molecule has 0 aliphatic carbocycles. The van der Waals surface area contributed by atoms with Crippen LogP contribution in [0.25, 0.3) is 0 Å². The van der Waals surface area contributed by atoms with Crippen LogP contribution < -0.4 is 0 Å². The van der Waals surface area contributed by atoms with Gasteiger partial charge in [-0.25, -0.2) is 0 Å². The van der Waals surface area contributed by atoms with E-state index in [2.05, 4.69) is 41.5 Å². The molecular formula is C49H94O6. The van der Waals surface area contributed by atoms with Crippen LogP contribution in [0.2, 0.25) is 0 Å². The van der Waals surface area contributed by atoms with E-state index in [1.165, 1.54) is 141 Å². The van der Waals surface area contributed by atoms with Crippen molar-refractivity contribution in [1.82, 2.24) is 0 Å². The molecule has 55 heavy (non-hydrogen) atoms. The van der Waals surface area contributed by atoms with Crippen LogP contribution in [0.4, 0.5) is 0 Å². The smallest absolute Gasteiger partial charge is 0.306 e. The molecule has 0 N–H and O–H groups in total. The highest BCUT2D eigenvalue weighted by molar-refractivity contribution is 5.71. The molecule has 0 spiro atoms. The molecule has 6 nitrogen and oxygen atoms in total. The number of rotatable bonds is 42. The molecule has 1 unspecified atom stereocenters. The first-order valence-corrected chi connectivity index (χ1v) is 24.1. The van der Waals surface area contributed by atoms with Gasteiger partial charge in [-0.1, -0.05) is 221 Å². The second kappa shape index (κ2) is 40.6. The summed E-state index contributed by atoms with van der Waals surface area (Å²) in [4.78, 5) is 37.7. The van der Waals surface area contributed by atoms with Crippen molar-refractivity contribution in [3.8, 4) is 0 Å². The first kappa shape index (κ1) is 53.4. The van der Waals surface area contributed by atoms with Crippen LogP contribution >= 0.6 is 0 Å². The number of hydrogen-bond acceptors (Lipinski definition) is 6. The highest BCUT2D eigenvalue weighted by atomic mass is 16.6. The zero-order valence-electron chi connectivity index (χ0n) is 37.7. The summed E-state index contributed by atoms with van der Waals surface area (Å²) < 4.78 is 16.7. The molecular weight excluding hydrogens is 685 g/mol. The van der Waals surface area contributed by atoms with Gasteiger partial charge in [0, 0.05) is 19.3 Å². The van der Waals surface area contributed by atoms with E-state index in [1.54, 1.807) is 0 Å². The van der Waals surface area contributed by atoms with Gasteiger partial charge in [-0.05, 0) is 37.0 Å². The largest absolute Gasteiger partial charge is 0.462 e. The van der Waals surface area contributed by atoms with E-state index in [9.17, 15) is 14.4 Å². The normalized spacial score (nSPS) is 12.7. The standard InChI is InChI=1S/C49H94O6/c1-7-45(6)37-31-25-18-14-12-10-8-9-11-13-15-19-28-34-40-49(52)55-46(42-54-48(51)39-33-27-22-21-24-30-36-44(4)5)41-53-47(50)38-32-26-20-16-17-23-29-35-43(2)3/h43-46H,7-42H2,1-6H3/t45?,46-/m0/s1. The summed E-state index contributed by atoms with van der Waals surface area (Å²) in [5.41, 5.74) is 0. The Kier molecular flexibility index (Phi) is 39.4. The third-order valence-corrected chi connectivity index (χ3v) is 11.3. The predicted octanol–water partition coefficient (Wildman–Crippen LogP) is 15.2. The highest BCUT2D eigenvalue weighted by Crippen LogP contribution is 2.18. The van der Waals surface area contributed by atoms with Crippen LogP contribution in [0.15, 0.2) is 0 Å². The molecule has 0 fully saturated rings. The fourth-order valence-electron chi connectivity index (χ4n) is 7.20. The Balaban J connectivity index is 4.26. The summed E-state index contributed by atoms with van der Waals surface area (Å²) in [5.74, 6) is 1.57. The second-order valence-electron chi connectivity index (χ2n) is 17.9. The van der Waals surface area contributed by atoms with Crippen LogP contribution in [0.1, 0.15) is 260 Å². The predicted molar refractivity (Wildman–Crippen MR) is 233 cm³/mol. The van der Waals surface area contributed by atoms with E-state index >= 15 is 0 Å². The molecule has 0 aliphatic rings. The van der Waals surface area contributed by atoms with Gasteiger partial charge in [0.25, 0.3) is 0 Å². The van der Waals surface area contributed by atoms with Crippen LogP contribution in [-0.2, 0) is 28.6 Å².